The van der Waals surface area contributed by atoms with Crippen molar-refractivity contribution in [3.8, 4) is 5.75 Å². The zero-order valence-corrected chi connectivity index (χ0v) is 10.2. The first-order chi connectivity index (χ1) is 8.28. The van der Waals surface area contributed by atoms with Gasteiger partial charge in [0, 0.05) is 18.6 Å². The van der Waals surface area contributed by atoms with Gasteiger partial charge in [-0.15, -0.1) is 13.2 Å². The highest BCUT2D eigenvalue weighted by atomic mass is 19.4. The van der Waals surface area contributed by atoms with Crippen molar-refractivity contribution in [3.05, 3.63) is 23.9 Å². The molecule has 0 bridgehead atoms. The van der Waals surface area contributed by atoms with Crippen LogP contribution in [0.25, 0.3) is 10.9 Å². The lowest BCUT2D eigenvalue weighted by Gasteiger charge is -2.12. The molecular formula is C12H13F3N2O. The Labute approximate surface area is 102 Å². The van der Waals surface area contributed by atoms with Gasteiger partial charge in [0.25, 0.3) is 0 Å². The number of fused-ring (bicyclic) bond motifs is 1. The van der Waals surface area contributed by atoms with Crippen LogP contribution in [0.1, 0.15) is 25.3 Å². The number of ether oxygens (including phenoxy) is 1. The highest BCUT2D eigenvalue weighted by Gasteiger charge is 2.32. The number of benzene rings is 1. The highest BCUT2D eigenvalue weighted by molar-refractivity contribution is 5.87. The smallest absolute Gasteiger partial charge is 0.403 e. The number of rotatable bonds is 2. The van der Waals surface area contributed by atoms with Gasteiger partial charge in [0.2, 0.25) is 0 Å². The molecule has 0 atom stereocenters. The van der Waals surface area contributed by atoms with Crippen LogP contribution in [0.5, 0.6) is 5.75 Å². The Morgan fingerprint density at radius 2 is 1.94 bits per heavy atom. The first kappa shape index (κ1) is 12.7. The van der Waals surface area contributed by atoms with Crippen LogP contribution in [0.3, 0.4) is 0 Å². The molecule has 0 N–H and O–H groups in total. The van der Waals surface area contributed by atoms with E-state index in [0.29, 0.717) is 5.39 Å². The molecule has 0 aliphatic carbocycles. The molecule has 1 heterocycles. The van der Waals surface area contributed by atoms with E-state index in [0.717, 1.165) is 5.56 Å². The molecule has 0 radical (unpaired) electrons. The fourth-order valence-electron chi connectivity index (χ4n) is 1.93. The Kier molecular flexibility index (Phi) is 2.96. The molecule has 98 valence electrons. The molecule has 0 aliphatic rings. The molecule has 1 aromatic carbocycles. The summed E-state index contributed by atoms with van der Waals surface area (Å²) in [5, 5.41) is 4.72. The lowest BCUT2D eigenvalue weighted by molar-refractivity contribution is -0.274. The molecule has 2 rings (SSSR count). The standard InChI is InChI=1S/C12H13F3N2O/c1-7(2)8-4-5-10(18-12(13,14)15)11-9(8)6-17(3)16-11/h4-7H,1-3H3. The quantitative estimate of drug-likeness (QED) is 0.823. The number of aromatic nitrogens is 2. The minimum Gasteiger partial charge on any atom is -0.403 e. The van der Waals surface area contributed by atoms with Gasteiger partial charge in [-0.1, -0.05) is 19.9 Å². The molecule has 2 aromatic rings. The van der Waals surface area contributed by atoms with Gasteiger partial charge in [-0.25, -0.2) is 0 Å². The molecule has 18 heavy (non-hydrogen) atoms. The monoisotopic (exact) mass is 258 g/mol. The average molecular weight is 258 g/mol. The van der Waals surface area contributed by atoms with Crippen molar-refractivity contribution in [2.45, 2.75) is 26.1 Å². The minimum absolute atomic E-state index is 0.205. The maximum atomic E-state index is 12.3. The average Bonchev–Trinajstić information content (AvgIpc) is 2.57. The second kappa shape index (κ2) is 4.19. The third-order valence-corrected chi connectivity index (χ3v) is 2.64. The van der Waals surface area contributed by atoms with Crippen molar-refractivity contribution in [2.24, 2.45) is 7.05 Å². The molecule has 0 amide bonds. The van der Waals surface area contributed by atoms with Crippen LogP contribution in [0, 0.1) is 0 Å². The predicted molar refractivity (Wildman–Crippen MR) is 61.5 cm³/mol. The summed E-state index contributed by atoms with van der Waals surface area (Å²) in [5.41, 5.74) is 1.19. The van der Waals surface area contributed by atoms with E-state index in [1.807, 2.05) is 13.8 Å². The maximum absolute atomic E-state index is 12.3. The number of aryl methyl sites for hydroxylation is 1. The van der Waals surface area contributed by atoms with E-state index in [1.165, 1.54) is 10.7 Å². The molecule has 3 nitrogen and oxygen atoms in total. The van der Waals surface area contributed by atoms with E-state index in [4.69, 9.17) is 0 Å². The van der Waals surface area contributed by atoms with Crippen molar-refractivity contribution in [1.82, 2.24) is 9.78 Å². The SMILES string of the molecule is CC(C)c1ccc(OC(F)(F)F)c2nn(C)cc12. The summed E-state index contributed by atoms with van der Waals surface area (Å²) in [6.07, 6.45) is -3.00. The van der Waals surface area contributed by atoms with Crippen LogP contribution in [-0.4, -0.2) is 16.1 Å². The Morgan fingerprint density at radius 1 is 1.28 bits per heavy atom. The van der Waals surface area contributed by atoms with Crippen LogP contribution in [0.15, 0.2) is 18.3 Å². The fourth-order valence-corrected chi connectivity index (χ4v) is 1.93. The summed E-state index contributed by atoms with van der Waals surface area (Å²) < 4.78 is 42.3. The van der Waals surface area contributed by atoms with Gasteiger partial charge < -0.3 is 4.74 Å². The van der Waals surface area contributed by atoms with Crippen LogP contribution < -0.4 is 4.74 Å². The molecule has 0 fully saturated rings. The van der Waals surface area contributed by atoms with Crippen LogP contribution in [-0.2, 0) is 7.05 Å². The van der Waals surface area contributed by atoms with Gasteiger partial charge in [0.15, 0.2) is 5.75 Å². The molecule has 6 heteroatoms. The number of nitrogens with zero attached hydrogens (tertiary/aromatic N) is 2. The van der Waals surface area contributed by atoms with Crippen molar-refractivity contribution in [1.29, 1.82) is 0 Å². The van der Waals surface area contributed by atoms with E-state index in [9.17, 15) is 13.2 Å². The largest absolute Gasteiger partial charge is 0.573 e. The lowest BCUT2D eigenvalue weighted by Crippen LogP contribution is -2.17. The van der Waals surface area contributed by atoms with Crippen molar-refractivity contribution in [2.75, 3.05) is 0 Å². The van der Waals surface area contributed by atoms with Gasteiger partial charge in [-0.2, -0.15) is 5.10 Å². The number of hydrogen-bond donors (Lipinski definition) is 0. The topological polar surface area (TPSA) is 27.1 Å². The molecule has 0 aliphatic heterocycles. The lowest BCUT2D eigenvalue weighted by atomic mass is 9.99. The molecule has 0 saturated heterocycles. The summed E-state index contributed by atoms with van der Waals surface area (Å²) in [6, 6.07) is 2.97. The zero-order chi connectivity index (χ0) is 13.5. The minimum atomic E-state index is -4.70. The maximum Gasteiger partial charge on any atom is 0.573 e. The van der Waals surface area contributed by atoms with E-state index in [1.54, 1.807) is 19.3 Å². The molecule has 0 saturated carbocycles. The van der Waals surface area contributed by atoms with Crippen molar-refractivity contribution >= 4 is 10.9 Å². The van der Waals surface area contributed by atoms with Crippen LogP contribution in [0.4, 0.5) is 13.2 Å². The third-order valence-electron chi connectivity index (χ3n) is 2.64. The van der Waals surface area contributed by atoms with E-state index < -0.39 is 6.36 Å². The zero-order valence-electron chi connectivity index (χ0n) is 10.2. The highest BCUT2D eigenvalue weighted by Crippen LogP contribution is 2.34. The van der Waals surface area contributed by atoms with Gasteiger partial charge in [0.05, 0.1) is 0 Å². The Bertz CT molecular complexity index is 572. The molecule has 1 aromatic heterocycles. The predicted octanol–water partition coefficient (Wildman–Crippen LogP) is 3.60. The van der Waals surface area contributed by atoms with Gasteiger partial charge in [-0.05, 0) is 17.5 Å². The molecule has 0 unspecified atom stereocenters. The summed E-state index contributed by atoms with van der Waals surface area (Å²) in [4.78, 5) is 0. The van der Waals surface area contributed by atoms with E-state index in [2.05, 4.69) is 9.84 Å². The second-order valence-corrected chi connectivity index (χ2v) is 4.42. The fraction of sp³-hybridized carbons (Fsp3) is 0.417. The van der Waals surface area contributed by atoms with Gasteiger partial charge >= 0.3 is 6.36 Å². The Morgan fingerprint density at radius 3 is 2.50 bits per heavy atom. The summed E-state index contributed by atoms with van der Waals surface area (Å²) in [5.74, 6) is -0.0564. The number of halogens is 3. The second-order valence-electron chi connectivity index (χ2n) is 4.42. The van der Waals surface area contributed by atoms with Crippen molar-refractivity contribution < 1.29 is 17.9 Å². The summed E-state index contributed by atoms with van der Waals surface area (Å²) >= 11 is 0. The number of alkyl halides is 3. The summed E-state index contributed by atoms with van der Waals surface area (Å²) in [7, 11) is 1.67. The van der Waals surface area contributed by atoms with Crippen molar-refractivity contribution in [3.63, 3.8) is 0 Å². The first-order valence-electron chi connectivity index (χ1n) is 5.50. The first-order valence-corrected chi connectivity index (χ1v) is 5.50. The summed E-state index contributed by atoms with van der Waals surface area (Å²) in [6.45, 7) is 3.96. The Hall–Kier alpha value is -1.72. The van der Waals surface area contributed by atoms with Crippen LogP contribution in [0.2, 0.25) is 0 Å². The third kappa shape index (κ3) is 2.42. The molecule has 0 spiro atoms. The van der Waals surface area contributed by atoms with E-state index in [-0.39, 0.29) is 17.2 Å². The normalized spacial score (nSPS) is 12.4. The van der Waals surface area contributed by atoms with Crippen LogP contribution >= 0.6 is 0 Å². The van der Waals surface area contributed by atoms with Gasteiger partial charge in [0.1, 0.15) is 5.52 Å². The number of hydrogen-bond acceptors (Lipinski definition) is 2. The van der Waals surface area contributed by atoms with Gasteiger partial charge in [-0.3, -0.25) is 4.68 Å². The van der Waals surface area contributed by atoms with E-state index >= 15 is 0 Å². The molecular weight excluding hydrogens is 245 g/mol. The Balaban J connectivity index is 2.60.